The summed E-state index contributed by atoms with van der Waals surface area (Å²) < 4.78 is 0. The van der Waals surface area contributed by atoms with Crippen LogP contribution in [-0.2, 0) is 4.79 Å². The summed E-state index contributed by atoms with van der Waals surface area (Å²) in [6.07, 6.45) is 6.06. The van der Waals surface area contributed by atoms with Crippen LogP contribution in [0.3, 0.4) is 0 Å². The average molecular weight is 227 g/mol. The molecule has 0 aliphatic carbocycles. The van der Waals surface area contributed by atoms with Crippen molar-refractivity contribution in [2.45, 2.75) is 5.92 Å². The minimum absolute atomic E-state index is 0.136. The van der Waals surface area contributed by atoms with Gasteiger partial charge in [-0.2, -0.15) is 5.26 Å². The van der Waals surface area contributed by atoms with Crippen molar-refractivity contribution in [3.8, 4) is 6.07 Å². The maximum absolute atomic E-state index is 11.1. The lowest BCUT2D eigenvalue weighted by Gasteiger charge is -2.20. The SMILES string of the molecule is N#CC1=CNC=C(C(=O)O)C1c1cccnc1. The van der Waals surface area contributed by atoms with Crippen molar-refractivity contribution in [3.05, 3.63) is 53.6 Å². The molecule has 0 fully saturated rings. The van der Waals surface area contributed by atoms with Crippen molar-refractivity contribution in [3.63, 3.8) is 0 Å². The van der Waals surface area contributed by atoms with Crippen molar-refractivity contribution in [1.82, 2.24) is 10.3 Å². The summed E-state index contributed by atoms with van der Waals surface area (Å²) in [4.78, 5) is 15.1. The molecule has 5 nitrogen and oxygen atoms in total. The average Bonchev–Trinajstić information content (AvgIpc) is 2.38. The molecule has 1 aromatic heterocycles. The second-order valence-corrected chi connectivity index (χ2v) is 3.50. The van der Waals surface area contributed by atoms with E-state index in [2.05, 4.69) is 10.3 Å². The van der Waals surface area contributed by atoms with E-state index in [4.69, 9.17) is 10.4 Å². The largest absolute Gasteiger partial charge is 0.478 e. The summed E-state index contributed by atoms with van der Waals surface area (Å²) in [5, 5.41) is 20.8. The maximum atomic E-state index is 11.1. The number of hydrogen-bond acceptors (Lipinski definition) is 4. The molecule has 2 heterocycles. The molecule has 0 amide bonds. The second kappa shape index (κ2) is 4.49. The second-order valence-electron chi connectivity index (χ2n) is 3.50. The molecular formula is C12H9N3O2. The number of pyridine rings is 1. The number of dihydropyridines is 1. The highest BCUT2D eigenvalue weighted by Gasteiger charge is 2.28. The van der Waals surface area contributed by atoms with Crippen LogP contribution in [0.25, 0.3) is 0 Å². The van der Waals surface area contributed by atoms with Gasteiger partial charge >= 0.3 is 5.97 Å². The summed E-state index contributed by atoms with van der Waals surface area (Å²) in [7, 11) is 0. The fourth-order valence-corrected chi connectivity index (χ4v) is 1.74. The van der Waals surface area contributed by atoms with Crippen molar-refractivity contribution in [2.24, 2.45) is 0 Å². The van der Waals surface area contributed by atoms with E-state index in [1.807, 2.05) is 6.07 Å². The standard InChI is InChI=1S/C12H9N3O2/c13-4-9-6-15-7-10(12(16)17)11(9)8-2-1-3-14-5-8/h1-3,5-7,11,15H,(H,16,17). The molecule has 5 heteroatoms. The van der Waals surface area contributed by atoms with Gasteiger partial charge < -0.3 is 10.4 Å². The molecule has 1 unspecified atom stereocenters. The minimum Gasteiger partial charge on any atom is -0.478 e. The number of carboxylic acids is 1. The normalized spacial score (nSPS) is 18.4. The van der Waals surface area contributed by atoms with Crippen LogP contribution in [0.2, 0.25) is 0 Å². The van der Waals surface area contributed by atoms with E-state index in [9.17, 15) is 4.79 Å². The van der Waals surface area contributed by atoms with Gasteiger partial charge in [0.15, 0.2) is 0 Å². The number of nitriles is 1. The maximum Gasteiger partial charge on any atom is 0.334 e. The molecule has 1 aliphatic rings. The molecule has 1 aliphatic heterocycles. The molecule has 0 saturated heterocycles. The zero-order chi connectivity index (χ0) is 12.3. The van der Waals surface area contributed by atoms with Gasteiger partial charge in [0.2, 0.25) is 0 Å². The molecule has 1 aromatic rings. The van der Waals surface area contributed by atoms with Gasteiger partial charge in [0.05, 0.1) is 23.1 Å². The third-order valence-electron chi connectivity index (χ3n) is 2.49. The first-order valence-electron chi connectivity index (χ1n) is 4.93. The molecule has 0 aromatic carbocycles. The summed E-state index contributed by atoms with van der Waals surface area (Å²) >= 11 is 0. The fraction of sp³-hybridized carbons (Fsp3) is 0.0833. The van der Waals surface area contributed by atoms with Gasteiger partial charge in [-0.1, -0.05) is 6.07 Å². The van der Waals surface area contributed by atoms with Crippen molar-refractivity contribution < 1.29 is 9.90 Å². The van der Waals surface area contributed by atoms with Gasteiger partial charge in [0.1, 0.15) is 0 Å². The number of carbonyl (C=O) groups is 1. The first-order chi connectivity index (χ1) is 8.24. The number of aromatic nitrogens is 1. The van der Waals surface area contributed by atoms with Crippen LogP contribution in [0.1, 0.15) is 11.5 Å². The van der Waals surface area contributed by atoms with E-state index in [0.29, 0.717) is 11.1 Å². The Kier molecular flexibility index (Phi) is 2.88. The number of hydrogen-bond donors (Lipinski definition) is 2. The van der Waals surface area contributed by atoms with Gasteiger partial charge in [0, 0.05) is 24.8 Å². The van der Waals surface area contributed by atoms with Crippen LogP contribution in [0, 0.1) is 11.3 Å². The first kappa shape index (κ1) is 10.9. The molecule has 0 bridgehead atoms. The molecular weight excluding hydrogens is 218 g/mol. The highest BCUT2D eigenvalue weighted by molar-refractivity contribution is 5.90. The summed E-state index contributed by atoms with van der Waals surface area (Å²) in [5.41, 5.74) is 1.19. The molecule has 2 N–H and O–H groups in total. The smallest absolute Gasteiger partial charge is 0.334 e. The molecule has 2 rings (SSSR count). The minimum atomic E-state index is -1.05. The number of aliphatic carboxylic acids is 1. The fourth-order valence-electron chi connectivity index (χ4n) is 1.74. The molecule has 0 radical (unpaired) electrons. The number of carboxylic acid groups (broad SMARTS) is 1. The Hall–Kier alpha value is -2.61. The van der Waals surface area contributed by atoms with E-state index in [-0.39, 0.29) is 5.57 Å². The van der Waals surface area contributed by atoms with Crippen LogP contribution in [0.15, 0.2) is 48.1 Å². The van der Waals surface area contributed by atoms with Crippen LogP contribution in [-0.4, -0.2) is 16.1 Å². The lowest BCUT2D eigenvalue weighted by molar-refractivity contribution is -0.132. The zero-order valence-corrected chi connectivity index (χ0v) is 8.79. The number of allylic oxidation sites excluding steroid dienone is 1. The Balaban J connectivity index is 2.49. The first-order valence-corrected chi connectivity index (χ1v) is 4.93. The Morgan fingerprint density at radius 3 is 2.94 bits per heavy atom. The Morgan fingerprint density at radius 1 is 1.53 bits per heavy atom. The van der Waals surface area contributed by atoms with E-state index in [1.165, 1.54) is 12.4 Å². The lowest BCUT2D eigenvalue weighted by Crippen LogP contribution is -2.20. The van der Waals surface area contributed by atoms with E-state index in [1.54, 1.807) is 24.5 Å². The lowest BCUT2D eigenvalue weighted by atomic mass is 9.85. The predicted octanol–water partition coefficient (Wildman–Crippen LogP) is 1.14. The Morgan fingerprint density at radius 2 is 2.35 bits per heavy atom. The third-order valence-corrected chi connectivity index (χ3v) is 2.49. The van der Waals surface area contributed by atoms with Crippen LogP contribution < -0.4 is 5.32 Å². The van der Waals surface area contributed by atoms with Gasteiger partial charge in [-0.25, -0.2) is 4.79 Å². The molecule has 84 valence electrons. The van der Waals surface area contributed by atoms with Gasteiger partial charge in [-0.05, 0) is 11.6 Å². The number of nitrogens with one attached hydrogen (secondary N) is 1. The highest BCUT2D eigenvalue weighted by Crippen LogP contribution is 2.32. The Labute approximate surface area is 97.7 Å². The van der Waals surface area contributed by atoms with Crippen LogP contribution >= 0.6 is 0 Å². The number of rotatable bonds is 2. The van der Waals surface area contributed by atoms with Crippen molar-refractivity contribution in [2.75, 3.05) is 0 Å². The van der Waals surface area contributed by atoms with Gasteiger partial charge in [-0.3, -0.25) is 4.98 Å². The molecule has 1 atom stereocenters. The zero-order valence-electron chi connectivity index (χ0n) is 8.79. The highest BCUT2D eigenvalue weighted by atomic mass is 16.4. The quantitative estimate of drug-likeness (QED) is 0.791. The Bertz CT molecular complexity index is 541. The topological polar surface area (TPSA) is 86.0 Å². The van der Waals surface area contributed by atoms with E-state index < -0.39 is 11.9 Å². The summed E-state index contributed by atoms with van der Waals surface area (Å²) in [6, 6.07) is 5.47. The monoisotopic (exact) mass is 227 g/mol. The van der Waals surface area contributed by atoms with Crippen molar-refractivity contribution in [1.29, 1.82) is 5.26 Å². The van der Waals surface area contributed by atoms with E-state index in [0.717, 1.165) is 0 Å². The molecule has 0 saturated carbocycles. The van der Waals surface area contributed by atoms with Crippen LogP contribution in [0.4, 0.5) is 0 Å². The molecule has 17 heavy (non-hydrogen) atoms. The third kappa shape index (κ3) is 2.01. The predicted molar refractivity (Wildman–Crippen MR) is 59.5 cm³/mol. The molecule has 0 spiro atoms. The van der Waals surface area contributed by atoms with Crippen molar-refractivity contribution >= 4 is 5.97 Å². The van der Waals surface area contributed by atoms with E-state index >= 15 is 0 Å². The summed E-state index contributed by atoms with van der Waals surface area (Å²) in [6.45, 7) is 0. The van der Waals surface area contributed by atoms with Gasteiger partial charge in [0.25, 0.3) is 0 Å². The summed E-state index contributed by atoms with van der Waals surface area (Å²) in [5.74, 6) is -1.61. The van der Waals surface area contributed by atoms with Crippen LogP contribution in [0.5, 0.6) is 0 Å². The van der Waals surface area contributed by atoms with Gasteiger partial charge in [-0.15, -0.1) is 0 Å². The number of nitrogens with zero attached hydrogens (tertiary/aromatic N) is 2.